The summed E-state index contributed by atoms with van der Waals surface area (Å²) in [7, 11) is 0. The fourth-order valence-corrected chi connectivity index (χ4v) is 3.02. The van der Waals surface area contributed by atoms with Gasteiger partial charge in [0.15, 0.2) is 11.5 Å². The van der Waals surface area contributed by atoms with Crippen molar-refractivity contribution in [3.05, 3.63) is 34.3 Å². The number of hydrogen-bond acceptors (Lipinski definition) is 9. The van der Waals surface area contributed by atoms with E-state index in [2.05, 4.69) is 119 Å². The molecular formula is C24H42N6O3. The molecule has 0 N–H and O–H groups in total. The lowest BCUT2D eigenvalue weighted by atomic mass is 10.0. The van der Waals surface area contributed by atoms with Crippen LogP contribution in [0.5, 0.6) is 0 Å². The average Bonchev–Trinajstić information content (AvgIpc) is 3.48. The smallest absolute Gasteiger partial charge is 0.163 e. The molecule has 3 rings (SSSR count). The molecule has 186 valence electrons. The molecule has 3 aromatic rings. The standard InChI is InChI=1S/3C8H14N2O/c2*1-5(2)7-8(6(3)4)11-10-9-7;1-5(2)7-8(6(3)4)10-11-9-7/h3*5-6H,1-4H3. The Kier molecular flexibility index (Phi) is 11.4. The van der Waals surface area contributed by atoms with Crippen LogP contribution >= 0.6 is 0 Å². The van der Waals surface area contributed by atoms with Crippen LogP contribution in [0.15, 0.2) is 13.7 Å². The molecular weight excluding hydrogens is 420 g/mol. The molecule has 3 aromatic heterocycles. The van der Waals surface area contributed by atoms with E-state index in [-0.39, 0.29) is 0 Å². The van der Waals surface area contributed by atoms with Crippen molar-refractivity contribution in [1.82, 2.24) is 31.1 Å². The van der Waals surface area contributed by atoms with Gasteiger partial charge in [0.2, 0.25) is 0 Å². The first-order valence-corrected chi connectivity index (χ1v) is 11.8. The van der Waals surface area contributed by atoms with Gasteiger partial charge in [0, 0.05) is 46.1 Å². The predicted molar refractivity (Wildman–Crippen MR) is 127 cm³/mol. The third-order valence-electron chi connectivity index (χ3n) is 4.86. The van der Waals surface area contributed by atoms with Crippen LogP contribution in [0.25, 0.3) is 0 Å². The molecule has 0 saturated carbocycles. The summed E-state index contributed by atoms with van der Waals surface area (Å²) in [4.78, 5) is 0. The Balaban J connectivity index is 0.000000247. The van der Waals surface area contributed by atoms with E-state index in [1.807, 2.05) is 0 Å². The van der Waals surface area contributed by atoms with E-state index in [9.17, 15) is 0 Å². The Morgan fingerprint density at radius 1 is 0.424 bits per heavy atom. The van der Waals surface area contributed by atoms with Crippen molar-refractivity contribution in [1.29, 1.82) is 0 Å². The highest BCUT2D eigenvalue weighted by Crippen LogP contribution is 2.24. The summed E-state index contributed by atoms with van der Waals surface area (Å²) in [5.74, 6) is 4.19. The Morgan fingerprint density at radius 3 is 0.939 bits per heavy atom. The molecule has 0 unspecified atom stereocenters. The van der Waals surface area contributed by atoms with Crippen molar-refractivity contribution in [3.8, 4) is 0 Å². The second kappa shape index (κ2) is 13.2. The van der Waals surface area contributed by atoms with Crippen LogP contribution in [-0.4, -0.2) is 31.1 Å². The number of rotatable bonds is 6. The second-order valence-electron chi connectivity index (χ2n) is 10.0. The first-order valence-electron chi connectivity index (χ1n) is 11.8. The molecule has 0 fully saturated rings. The van der Waals surface area contributed by atoms with Crippen LogP contribution in [-0.2, 0) is 0 Å². The Labute approximate surface area is 198 Å². The normalized spacial score (nSPS) is 11.5. The van der Waals surface area contributed by atoms with Gasteiger partial charge >= 0.3 is 0 Å². The molecule has 0 bridgehead atoms. The molecule has 9 heteroatoms. The molecule has 0 aliphatic heterocycles. The lowest BCUT2D eigenvalue weighted by molar-refractivity contribution is 0.298. The largest absolute Gasteiger partial charge is 0.342 e. The highest BCUT2D eigenvalue weighted by Gasteiger charge is 2.17. The maximum Gasteiger partial charge on any atom is 0.163 e. The third kappa shape index (κ3) is 8.37. The van der Waals surface area contributed by atoms with Gasteiger partial charge in [0.05, 0.1) is 0 Å². The lowest BCUT2D eigenvalue weighted by Gasteiger charge is -2.03. The maximum absolute atomic E-state index is 5.03. The summed E-state index contributed by atoms with van der Waals surface area (Å²) >= 11 is 0. The van der Waals surface area contributed by atoms with Crippen LogP contribution in [0.1, 0.15) is 153 Å². The zero-order chi connectivity index (χ0) is 25.3. The summed E-state index contributed by atoms with van der Waals surface area (Å²) in [6.45, 7) is 25.0. The Bertz CT molecular complexity index is 735. The molecule has 0 aliphatic rings. The van der Waals surface area contributed by atoms with E-state index < -0.39 is 0 Å². The van der Waals surface area contributed by atoms with E-state index in [0.29, 0.717) is 35.5 Å². The van der Waals surface area contributed by atoms with E-state index in [0.717, 1.165) is 34.3 Å². The van der Waals surface area contributed by atoms with Gasteiger partial charge in [-0.1, -0.05) is 93.4 Å². The van der Waals surface area contributed by atoms with E-state index >= 15 is 0 Å². The second-order valence-corrected chi connectivity index (χ2v) is 10.0. The molecule has 9 nitrogen and oxygen atoms in total. The molecule has 0 spiro atoms. The van der Waals surface area contributed by atoms with Crippen molar-refractivity contribution in [2.24, 2.45) is 0 Å². The summed E-state index contributed by atoms with van der Waals surface area (Å²) in [6, 6.07) is 0. The van der Waals surface area contributed by atoms with Crippen LogP contribution in [0.2, 0.25) is 0 Å². The summed E-state index contributed by atoms with van der Waals surface area (Å²) < 4.78 is 14.7. The fourth-order valence-electron chi connectivity index (χ4n) is 3.02. The molecule has 3 heterocycles. The van der Waals surface area contributed by atoms with Gasteiger partial charge in [0.1, 0.15) is 22.8 Å². The predicted octanol–water partition coefficient (Wildman–Crippen LogP) is 6.95. The maximum atomic E-state index is 5.03. The summed E-state index contributed by atoms with van der Waals surface area (Å²) in [5, 5.41) is 22.6. The van der Waals surface area contributed by atoms with Crippen molar-refractivity contribution in [2.75, 3.05) is 0 Å². The van der Waals surface area contributed by atoms with E-state index in [4.69, 9.17) is 9.05 Å². The topological polar surface area (TPSA) is 117 Å². The van der Waals surface area contributed by atoms with Crippen LogP contribution in [0.4, 0.5) is 0 Å². The van der Waals surface area contributed by atoms with Gasteiger partial charge in [-0.3, -0.25) is 0 Å². The minimum atomic E-state index is 0.377. The van der Waals surface area contributed by atoms with Gasteiger partial charge < -0.3 is 9.05 Å². The highest BCUT2D eigenvalue weighted by molar-refractivity contribution is 5.15. The van der Waals surface area contributed by atoms with Crippen LogP contribution < -0.4 is 0 Å². The SMILES string of the molecule is CC(C)c1nnoc1C(C)C.CC(C)c1nnoc1C(C)C.CC(C)c1nonc1C(C)C. The molecule has 33 heavy (non-hydrogen) atoms. The molecule has 0 radical (unpaired) electrons. The lowest BCUT2D eigenvalue weighted by Crippen LogP contribution is -1.96. The van der Waals surface area contributed by atoms with Gasteiger partial charge in [-0.05, 0) is 0 Å². The number of aromatic nitrogens is 6. The highest BCUT2D eigenvalue weighted by atomic mass is 16.6. The third-order valence-corrected chi connectivity index (χ3v) is 4.86. The molecule has 0 amide bonds. The van der Waals surface area contributed by atoms with E-state index in [1.165, 1.54) is 0 Å². The zero-order valence-electron chi connectivity index (χ0n) is 22.4. The van der Waals surface area contributed by atoms with E-state index in [1.54, 1.807) is 0 Å². The first-order chi connectivity index (χ1) is 15.4. The summed E-state index contributed by atoms with van der Waals surface area (Å²) in [6.07, 6.45) is 0. The monoisotopic (exact) mass is 462 g/mol. The van der Waals surface area contributed by atoms with Crippen molar-refractivity contribution in [3.63, 3.8) is 0 Å². The number of hydrogen-bond donors (Lipinski definition) is 0. The van der Waals surface area contributed by atoms with Gasteiger partial charge in [-0.25, -0.2) is 4.63 Å². The average molecular weight is 463 g/mol. The van der Waals surface area contributed by atoms with Crippen molar-refractivity contribution in [2.45, 2.75) is 119 Å². The minimum Gasteiger partial charge on any atom is -0.342 e. The van der Waals surface area contributed by atoms with Crippen molar-refractivity contribution < 1.29 is 13.7 Å². The van der Waals surface area contributed by atoms with Crippen LogP contribution in [0, 0.1) is 0 Å². The van der Waals surface area contributed by atoms with Gasteiger partial charge in [0.25, 0.3) is 0 Å². The Hall–Kier alpha value is -2.58. The van der Waals surface area contributed by atoms with Crippen molar-refractivity contribution >= 4 is 0 Å². The molecule has 0 aliphatic carbocycles. The van der Waals surface area contributed by atoms with Gasteiger partial charge in [-0.15, -0.1) is 10.2 Å². The number of nitrogens with zero attached hydrogens (tertiary/aromatic N) is 6. The minimum absolute atomic E-state index is 0.377. The molecule has 0 atom stereocenters. The molecule has 0 aromatic carbocycles. The summed E-state index contributed by atoms with van der Waals surface area (Å²) in [5.41, 5.74) is 3.94. The fraction of sp³-hybridized carbons (Fsp3) is 0.750. The van der Waals surface area contributed by atoms with Crippen LogP contribution in [0.3, 0.4) is 0 Å². The first kappa shape index (κ1) is 28.5. The quantitative estimate of drug-likeness (QED) is 0.383. The van der Waals surface area contributed by atoms with Gasteiger partial charge in [-0.2, -0.15) is 0 Å². The molecule has 0 saturated heterocycles. The zero-order valence-corrected chi connectivity index (χ0v) is 22.4. The Morgan fingerprint density at radius 2 is 0.727 bits per heavy atom.